The molecule has 1 aliphatic rings. The molecule has 0 aromatic heterocycles. The van der Waals surface area contributed by atoms with Crippen LogP contribution in [-0.2, 0) is 14.3 Å². The highest BCUT2D eigenvalue weighted by Crippen LogP contribution is 2.27. The zero-order chi connectivity index (χ0) is 24.4. The van der Waals surface area contributed by atoms with Crippen molar-refractivity contribution < 1.29 is 23.9 Å². The lowest BCUT2D eigenvalue weighted by atomic mass is 10.1. The lowest BCUT2D eigenvalue weighted by Crippen LogP contribution is -2.44. The van der Waals surface area contributed by atoms with E-state index in [0.29, 0.717) is 16.3 Å². The van der Waals surface area contributed by atoms with Crippen molar-refractivity contribution in [3.05, 3.63) is 100 Å². The molecule has 0 radical (unpaired) electrons. The summed E-state index contributed by atoms with van der Waals surface area (Å²) in [5.41, 5.74) is 2.16. The topological polar surface area (TPSA) is 92.8 Å². The Balaban J connectivity index is 1.56. The molecular formula is C26H21ClN2O5. The average molecular weight is 477 g/mol. The lowest BCUT2D eigenvalue weighted by Gasteiger charge is -2.24. The first-order chi connectivity index (χ1) is 16.3. The quantitative estimate of drug-likeness (QED) is 0.416. The molecule has 1 N–H and O–H groups in total. The Kier molecular flexibility index (Phi) is 6.47. The third-order valence-electron chi connectivity index (χ3n) is 5.57. The van der Waals surface area contributed by atoms with Gasteiger partial charge in [-0.2, -0.15) is 0 Å². The van der Waals surface area contributed by atoms with E-state index in [2.05, 4.69) is 5.32 Å². The van der Waals surface area contributed by atoms with Gasteiger partial charge in [-0.1, -0.05) is 60.1 Å². The van der Waals surface area contributed by atoms with E-state index in [9.17, 15) is 19.2 Å². The largest absolute Gasteiger partial charge is 0.446 e. The molecule has 3 aromatic carbocycles. The molecule has 0 saturated carbocycles. The standard InChI is InChI=1S/C26H21ClN2O5/c1-15-12-13-18(14-21(15)27)28-23(30)22(17-8-4-3-5-9-17)34-26(33)16(2)29-24(31)19-10-6-7-11-20(19)25(29)32/h3-14,16,22H,1-2H3,(H,28,30)/t16-,22+/m0/s1. The third-order valence-corrected chi connectivity index (χ3v) is 5.97. The fraction of sp³-hybridized carbons (Fsp3) is 0.154. The van der Waals surface area contributed by atoms with Crippen molar-refractivity contribution in [1.29, 1.82) is 0 Å². The number of nitrogens with zero attached hydrogens (tertiary/aromatic N) is 1. The normalized spacial score (nSPS) is 14.4. The van der Waals surface area contributed by atoms with Gasteiger partial charge in [0.25, 0.3) is 17.7 Å². The fourth-order valence-corrected chi connectivity index (χ4v) is 3.84. The van der Waals surface area contributed by atoms with Crippen molar-refractivity contribution in [3.8, 4) is 0 Å². The SMILES string of the molecule is Cc1ccc(NC(=O)[C@H](OC(=O)[C@H](C)N2C(=O)c3ccccc3C2=O)c2ccccc2)cc1Cl. The van der Waals surface area contributed by atoms with Crippen LogP contribution >= 0.6 is 11.6 Å². The summed E-state index contributed by atoms with van der Waals surface area (Å²) < 4.78 is 5.56. The van der Waals surface area contributed by atoms with Crippen molar-refractivity contribution in [1.82, 2.24) is 4.90 Å². The van der Waals surface area contributed by atoms with Gasteiger partial charge >= 0.3 is 5.97 Å². The maximum absolute atomic E-state index is 13.1. The van der Waals surface area contributed by atoms with Gasteiger partial charge in [0.1, 0.15) is 6.04 Å². The Bertz CT molecular complexity index is 1260. The van der Waals surface area contributed by atoms with Crippen molar-refractivity contribution in [2.45, 2.75) is 26.0 Å². The zero-order valence-electron chi connectivity index (χ0n) is 18.4. The van der Waals surface area contributed by atoms with E-state index in [4.69, 9.17) is 16.3 Å². The molecule has 172 valence electrons. The first-order valence-electron chi connectivity index (χ1n) is 10.6. The van der Waals surface area contributed by atoms with E-state index in [1.807, 2.05) is 6.92 Å². The van der Waals surface area contributed by atoms with Gasteiger partial charge in [0, 0.05) is 16.3 Å². The second-order valence-electron chi connectivity index (χ2n) is 7.88. The van der Waals surface area contributed by atoms with Gasteiger partial charge in [0.05, 0.1) is 11.1 Å². The van der Waals surface area contributed by atoms with Gasteiger partial charge in [0.2, 0.25) is 6.10 Å². The molecular weight excluding hydrogens is 456 g/mol. The first kappa shape index (κ1) is 23.2. The van der Waals surface area contributed by atoms with Crippen molar-refractivity contribution in [2.75, 3.05) is 5.32 Å². The highest BCUT2D eigenvalue weighted by molar-refractivity contribution is 6.31. The van der Waals surface area contributed by atoms with E-state index >= 15 is 0 Å². The number of aryl methyl sites for hydroxylation is 1. The molecule has 3 amide bonds. The number of hydrogen-bond donors (Lipinski definition) is 1. The number of anilines is 1. The van der Waals surface area contributed by atoms with Crippen LogP contribution < -0.4 is 5.32 Å². The lowest BCUT2D eigenvalue weighted by molar-refractivity contribution is -0.158. The highest BCUT2D eigenvalue weighted by Gasteiger charge is 2.42. The van der Waals surface area contributed by atoms with Crippen LogP contribution in [0.15, 0.2) is 72.8 Å². The molecule has 4 rings (SSSR count). The predicted octanol–water partition coefficient (Wildman–Crippen LogP) is 4.56. The van der Waals surface area contributed by atoms with Crippen LogP contribution in [0.3, 0.4) is 0 Å². The van der Waals surface area contributed by atoms with Crippen molar-refractivity contribution in [2.24, 2.45) is 0 Å². The zero-order valence-corrected chi connectivity index (χ0v) is 19.2. The smallest absolute Gasteiger partial charge is 0.330 e. The second-order valence-corrected chi connectivity index (χ2v) is 8.29. The molecule has 0 bridgehead atoms. The summed E-state index contributed by atoms with van der Waals surface area (Å²) in [6.45, 7) is 3.23. The van der Waals surface area contributed by atoms with Crippen LogP contribution in [0.2, 0.25) is 5.02 Å². The van der Waals surface area contributed by atoms with Crippen molar-refractivity contribution in [3.63, 3.8) is 0 Å². The summed E-state index contributed by atoms with van der Waals surface area (Å²) in [7, 11) is 0. The summed E-state index contributed by atoms with van der Waals surface area (Å²) in [5, 5.41) is 3.18. The number of carbonyl (C=O) groups is 4. The van der Waals surface area contributed by atoms with Gasteiger partial charge in [0.15, 0.2) is 0 Å². The number of hydrogen-bond acceptors (Lipinski definition) is 5. The number of esters is 1. The number of halogens is 1. The Morgan fingerprint density at radius 2 is 1.50 bits per heavy atom. The molecule has 0 saturated heterocycles. The molecule has 1 aliphatic heterocycles. The molecule has 7 nitrogen and oxygen atoms in total. The van der Waals surface area contributed by atoms with Gasteiger partial charge < -0.3 is 10.1 Å². The number of benzene rings is 3. The van der Waals surface area contributed by atoms with Gasteiger partial charge in [-0.3, -0.25) is 19.3 Å². The monoisotopic (exact) mass is 476 g/mol. The van der Waals surface area contributed by atoms with Gasteiger partial charge in [-0.25, -0.2) is 4.79 Å². The first-order valence-corrected chi connectivity index (χ1v) is 10.9. The van der Waals surface area contributed by atoms with E-state index < -0.39 is 35.8 Å². The molecule has 1 heterocycles. The highest BCUT2D eigenvalue weighted by atomic mass is 35.5. The maximum Gasteiger partial charge on any atom is 0.330 e. The fourth-order valence-electron chi connectivity index (χ4n) is 3.66. The van der Waals surface area contributed by atoms with Crippen LogP contribution in [0.1, 0.15) is 44.9 Å². The van der Waals surface area contributed by atoms with Gasteiger partial charge in [-0.05, 0) is 43.7 Å². The Labute approximate surface area is 201 Å². The predicted molar refractivity (Wildman–Crippen MR) is 126 cm³/mol. The number of ether oxygens (including phenoxy) is 1. The number of carbonyl (C=O) groups excluding carboxylic acids is 4. The third kappa shape index (κ3) is 4.43. The summed E-state index contributed by atoms with van der Waals surface area (Å²) in [5.74, 6) is -2.66. The number of nitrogens with one attached hydrogen (secondary N) is 1. The van der Waals surface area contributed by atoms with E-state index in [-0.39, 0.29) is 11.1 Å². The average Bonchev–Trinajstić information content (AvgIpc) is 3.09. The molecule has 3 aromatic rings. The van der Waals surface area contributed by atoms with E-state index in [0.717, 1.165) is 10.5 Å². The summed E-state index contributed by atoms with van der Waals surface area (Å²) in [6.07, 6.45) is -1.31. The van der Waals surface area contributed by atoms with E-state index in [1.165, 1.54) is 19.1 Å². The summed E-state index contributed by atoms with van der Waals surface area (Å²) in [4.78, 5) is 52.5. The minimum atomic E-state index is -1.31. The molecule has 0 fully saturated rings. The van der Waals surface area contributed by atoms with Crippen molar-refractivity contribution >= 4 is 41.0 Å². The Hall–Kier alpha value is -3.97. The summed E-state index contributed by atoms with van der Waals surface area (Å²) >= 11 is 6.15. The Morgan fingerprint density at radius 1 is 0.912 bits per heavy atom. The van der Waals surface area contributed by atoms with Crippen LogP contribution in [0.25, 0.3) is 0 Å². The number of amides is 3. The molecule has 0 unspecified atom stereocenters. The molecule has 0 aliphatic carbocycles. The Morgan fingerprint density at radius 3 is 2.09 bits per heavy atom. The van der Waals surface area contributed by atoms with Gasteiger partial charge in [-0.15, -0.1) is 0 Å². The molecule has 34 heavy (non-hydrogen) atoms. The molecule has 8 heteroatoms. The van der Waals surface area contributed by atoms with E-state index in [1.54, 1.807) is 60.7 Å². The summed E-state index contributed by atoms with van der Waals surface area (Å²) in [6, 6.07) is 18.6. The minimum absolute atomic E-state index is 0.223. The van der Waals surface area contributed by atoms with Crippen LogP contribution in [0, 0.1) is 6.92 Å². The maximum atomic E-state index is 13.1. The minimum Gasteiger partial charge on any atom is -0.446 e. The number of fused-ring (bicyclic) bond motifs is 1. The number of rotatable bonds is 6. The molecule has 2 atom stereocenters. The van der Waals surface area contributed by atoms with Crippen LogP contribution in [0.4, 0.5) is 5.69 Å². The molecule has 0 spiro atoms. The number of imide groups is 1. The van der Waals surface area contributed by atoms with Crippen LogP contribution in [-0.4, -0.2) is 34.6 Å². The second kappa shape index (κ2) is 9.49. The van der Waals surface area contributed by atoms with Crippen LogP contribution in [0.5, 0.6) is 0 Å².